The number of halogens is 1. The third-order valence-electron chi connectivity index (χ3n) is 3.93. The van der Waals surface area contributed by atoms with Gasteiger partial charge >= 0.3 is 4.87 Å². The summed E-state index contributed by atoms with van der Waals surface area (Å²) >= 11 is 0.882. The largest absolute Gasteiger partial charge is 0.347 e. The van der Waals surface area contributed by atoms with Crippen LogP contribution in [0.4, 0.5) is 4.39 Å². The van der Waals surface area contributed by atoms with Crippen molar-refractivity contribution in [3.63, 3.8) is 0 Å². The molecule has 4 nitrogen and oxygen atoms in total. The third-order valence-corrected chi connectivity index (χ3v) is 5.01. The molecule has 0 fully saturated rings. The predicted octanol–water partition coefficient (Wildman–Crippen LogP) is 3.34. The first kappa shape index (κ1) is 17.1. The summed E-state index contributed by atoms with van der Waals surface area (Å²) in [5, 5.41) is 2.82. The average molecular weight is 356 g/mol. The van der Waals surface area contributed by atoms with Crippen LogP contribution in [0.15, 0.2) is 59.4 Å². The van der Waals surface area contributed by atoms with Crippen LogP contribution in [0.2, 0.25) is 0 Å². The van der Waals surface area contributed by atoms with E-state index in [1.54, 1.807) is 25.1 Å². The zero-order valence-electron chi connectivity index (χ0n) is 13.7. The molecule has 1 heterocycles. The molecule has 0 aliphatic heterocycles. The molecule has 3 rings (SSSR count). The summed E-state index contributed by atoms with van der Waals surface area (Å²) < 4.78 is 15.3. The van der Waals surface area contributed by atoms with Crippen molar-refractivity contribution >= 4 is 17.2 Å². The first-order chi connectivity index (χ1) is 12.1. The Kier molecular flexibility index (Phi) is 5.09. The van der Waals surface area contributed by atoms with Gasteiger partial charge in [0.1, 0.15) is 10.7 Å². The maximum absolute atomic E-state index is 13.8. The van der Waals surface area contributed by atoms with E-state index in [9.17, 15) is 14.0 Å². The molecule has 0 atom stereocenters. The Bertz CT molecular complexity index is 948. The minimum absolute atomic E-state index is 0.111. The molecule has 1 N–H and O–H groups in total. The lowest BCUT2D eigenvalue weighted by atomic mass is 10.2. The van der Waals surface area contributed by atoms with Crippen LogP contribution in [0.3, 0.4) is 0 Å². The Morgan fingerprint density at radius 3 is 2.52 bits per heavy atom. The van der Waals surface area contributed by atoms with Gasteiger partial charge in [-0.25, -0.2) is 4.39 Å². The molecule has 1 amide bonds. The second-order valence-corrected chi connectivity index (χ2v) is 6.59. The summed E-state index contributed by atoms with van der Waals surface area (Å²) in [7, 11) is 0. The first-order valence-corrected chi connectivity index (χ1v) is 8.63. The highest BCUT2D eigenvalue weighted by atomic mass is 32.1. The average Bonchev–Trinajstić information content (AvgIpc) is 2.90. The number of hydrogen-bond donors (Lipinski definition) is 1. The fourth-order valence-electron chi connectivity index (χ4n) is 2.53. The van der Waals surface area contributed by atoms with Crippen molar-refractivity contribution in [2.45, 2.75) is 20.0 Å². The van der Waals surface area contributed by atoms with E-state index in [-0.39, 0.29) is 23.1 Å². The number of nitrogens with one attached hydrogen (secondary N) is 1. The Morgan fingerprint density at radius 2 is 1.80 bits per heavy atom. The number of rotatable bonds is 5. The lowest BCUT2D eigenvalue weighted by molar-refractivity contribution is 0.0954. The molecule has 2 aromatic carbocycles. The van der Waals surface area contributed by atoms with Gasteiger partial charge in [-0.15, -0.1) is 0 Å². The predicted molar refractivity (Wildman–Crippen MR) is 96.4 cm³/mol. The van der Waals surface area contributed by atoms with Crippen molar-refractivity contribution in [3.8, 4) is 0 Å². The molecular weight excluding hydrogens is 339 g/mol. The normalized spacial score (nSPS) is 10.6. The highest BCUT2D eigenvalue weighted by molar-refractivity contribution is 7.11. The summed E-state index contributed by atoms with van der Waals surface area (Å²) in [5.74, 6) is -0.661. The number of benzene rings is 2. The number of aromatic nitrogens is 1. The summed E-state index contributed by atoms with van der Waals surface area (Å²) in [5.41, 5.74) is 1.94. The molecule has 0 spiro atoms. The standard InChI is InChI=1S/C19H17FN2O2S/c1-13-17(18(23)21-11-14-7-3-2-4-8-14)25-19(24)22(13)12-15-9-5-6-10-16(15)20/h2-10H,11-12H2,1H3,(H,21,23). The molecule has 0 unspecified atom stereocenters. The van der Waals surface area contributed by atoms with Crippen LogP contribution < -0.4 is 10.2 Å². The highest BCUT2D eigenvalue weighted by Gasteiger charge is 2.18. The van der Waals surface area contributed by atoms with Gasteiger partial charge < -0.3 is 5.32 Å². The summed E-state index contributed by atoms with van der Waals surface area (Å²) in [6.07, 6.45) is 0. The molecule has 1 aromatic heterocycles. The minimum atomic E-state index is -0.366. The smallest absolute Gasteiger partial charge is 0.308 e. The van der Waals surface area contributed by atoms with Crippen LogP contribution in [-0.2, 0) is 13.1 Å². The van der Waals surface area contributed by atoms with Crippen LogP contribution in [0.5, 0.6) is 0 Å². The zero-order valence-corrected chi connectivity index (χ0v) is 14.5. The molecule has 3 aromatic rings. The van der Waals surface area contributed by atoms with Crippen molar-refractivity contribution < 1.29 is 9.18 Å². The fraction of sp³-hybridized carbons (Fsp3) is 0.158. The number of amides is 1. The topological polar surface area (TPSA) is 51.1 Å². The third kappa shape index (κ3) is 3.85. The first-order valence-electron chi connectivity index (χ1n) is 7.82. The van der Waals surface area contributed by atoms with E-state index >= 15 is 0 Å². The van der Waals surface area contributed by atoms with Gasteiger partial charge in [-0.2, -0.15) is 0 Å². The van der Waals surface area contributed by atoms with E-state index in [0.29, 0.717) is 22.7 Å². The molecule has 0 radical (unpaired) electrons. The van der Waals surface area contributed by atoms with Crippen molar-refractivity contribution in [2.24, 2.45) is 0 Å². The number of thiazole rings is 1. The second-order valence-electron chi connectivity index (χ2n) is 5.63. The monoisotopic (exact) mass is 356 g/mol. The molecule has 128 valence electrons. The van der Waals surface area contributed by atoms with E-state index in [0.717, 1.165) is 16.9 Å². The lowest BCUT2D eigenvalue weighted by Crippen LogP contribution is -2.23. The van der Waals surface area contributed by atoms with Gasteiger partial charge in [-0.05, 0) is 18.6 Å². The Balaban J connectivity index is 1.78. The van der Waals surface area contributed by atoms with Gasteiger partial charge in [0.15, 0.2) is 0 Å². The van der Waals surface area contributed by atoms with Gasteiger partial charge in [-0.1, -0.05) is 59.9 Å². The number of carbonyl (C=O) groups excluding carboxylic acids is 1. The van der Waals surface area contributed by atoms with E-state index in [4.69, 9.17) is 0 Å². The maximum Gasteiger partial charge on any atom is 0.308 e. The molecular formula is C19H17FN2O2S. The van der Waals surface area contributed by atoms with E-state index in [1.165, 1.54) is 10.6 Å². The Labute approximate surface area is 148 Å². The van der Waals surface area contributed by atoms with Crippen molar-refractivity contribution in [1.82, 2.24) is 9.88 Å². The van der Waals surface area contributed by atoms with E-state index in [2.05, 4.69) is 5.32 Å². The molecule has 0 aliphatic rings. The quantitative estimate of drug-likeness (QED) is 0.762. The highest BCUT2D eigenvalue weighted by Crippen LogP contribution is 2.15. The maximum atomic E-state index is 13.8. The molecule has 6 heteroatoms. The van der Waals surface area contributed by atoms with Crippen LogP contribution >= 0.6 is 11.3 Å². The zero-order chi connectivity index (χ0) is 17.8. The summed E-state index contributed by atoms with van der Waals surface area (Å²) in [6, 6.07) is 15.8. The van der Waals surface area contributed by atoms with E-state index < -0.39 is 0 Å². The van der Waals surface area contributed by atoms with Gasteiger partial charge in [-0.3, -0.25) is 14.2 Å². The van der Waals surface area contributed by atoms with Crippen LogP contribution in [0, 0.1) is 12.7 Å². The van der Waals surface area contributed by atoms with Gasteiger partial charge in [0.05, 0.1) is 6.54 Å². The molecule has 25 heavy (non-hydrogen) atoms. The SMILES string of the molecule is Cc1c(C(=O)NCc2ccccc2)sc(=O)n1Cc1ccccc1F. The van der Waals surface area contributed by atoms with E-state index in [1.807, 2.05) is 30.3 Å². The van der Waals surface area contributed by atoms with Crippen molar-refractivity contribution in [1.29, 1.82) is 0 Å². The number of carbonyl (C=O) groups is 1. The minimum Gasteiger partial charge on any atom is -0.347 e. The summed E-state index contributed by atoms with van der Waals surface area (Å²) in [6.45, 7) is 2.20. The van der Waals surface area contributed by atoms with Gasteiger partial charge in [0, 0.05) is 17.8 Å². The number of nitrogens with zero attached hydrogens (tertiary/aromatic N) is 1. The molecule has 0 saturated carbocycles. The van der Waals surface area contributed by atoms with Crippen molar-refractivity contribution in [2.75, 3.05) is 0 Å². The molecule has 0 bridgehead atoms. The lowest BCUT2D eigenvalue weighted by Gasteiger charge is -2.07. The van der Waals surface area contributed by atoms with Gasteiger partial charge in [0.25, 0.3) is 5.91 Å². The second kappa shape index (κ2) is 7.44. The van der Waals surface area contributed by atoms with Crippen LogP contribution in [0.1, 0.15) is 26.5 Å². The molecule has 0 saturated heterocycles. The Hall–Kier alpha value is -2.73. The van der Waals surface area contributed by atoms with Crippen molar-refractivity contribution in [3.05, 3.63) is 91.8 Å². The van der Waals surface area contributed by atoms with Crippen LogP contribution in [-0.4, -0.2) is 10.5 Å². The molecule has 0 aliphatic carbocycles. The fourth-order valence-corrected chi connectivity index (χ4v) is 3.43. The van der Waals surface area contributed by atoms with Crippen LogP contribution in [0.25, 0.3) is 0 Å². The number of hydrogen-bond acceptors (Lipinski definition) is 3. The van der Waals surface area contributed by atoms with Gasteiger partial charge in [0.2, 0.25) is 0 Å². The summed E-state index contributed by atoms with van der Waals surface area (Å²) in [4.78, 5) is 24.7. The Morgan fingerprint density at radius 1 is 1.12 bits per heavy atom.